The summed E-state index contributed by atoms with van der Waals surface area (Å²) in [5.74, 6) is 0.00621. The zero-order valence-electron chi connectivity index (χ0n) is 12.1. The molecule has 1 aliphatic heterocycles. The first-order chi connectivity index (χ1) is 11.1. The van der Waals surface area contributed by atoms with Crippen LogP contribution in [0.5, 0.6) is 5.75 Å². The minimum Gasteiger partial charge on any atom is -0.506 e. The molecule has 23 heavy (non-hydrogen) atoms. The van der Waals surface area contributed by atoms with Crippen molar-refractivity contribution in [1.29, 1.82) is 0 Å². The van der Waals surface area contributed by atoms with Crippen molar-refractivity contribution in [3.63, 3.8) is 0 Å². The van der Waals surface area contributed by atoms with Gasteiger partial charge >= 0.3 is 0 Å². The van der Waals surface area contributed by atoms with Crippen LogP contribution in [0.1, 0.15) is 29.5 Å². The monoisotopic (exact) mass is 349 g/mol. The van der Waals surface area contributed by atoms with Crippen molar-refractivity contribution >= 4 is 28.9 Å². The van der Waals surface area contributed by atoms with E-state index in [9.17, 15) is 9.50 Å². The molecule has 0 amide bonds. The van der Waals surface area contributed by atoms with E-state index >= 15 is 0 Å². The molecule has 2 aromatic rings. The van der Waals surface area contributed by atoms with E-state index < -0.39 is 0 Å². The molecule has 118 valence electrons. The molecule has 0 bridgehead atoms. The number of allylic oxidation sites excluding steroid dienone is 2. The number of hydrogen-bond acceptors (Lipinski definition) is 2. The van der Waals surface area contributed by atoms with Crippen molar-refractivity contribution in [3.05, 3.63) is 69.5 Å². The van der Waals surface area contributed by atoms with Crippen LogP contribution in [0, 0.1) is 11.7 Å². The Morgan fingerprint density at radius 3 is 2.83 bits per heavy atom. The Balaban J connectivity index is 1.87. The average Bonchev–Trinajstić information content (AvgIpc) is 3.00. The van der Waals surface area contributed by atoms with Crippen LogP contribution in [-0.2, 0) is 0 Å². The van der Waals surface area contributed by atoms with Gasteiger partial charge in [-0.3, -0.25) is 0 Å². The third-order valence-corrected chi connectivity index (χ3v) is 5.24. The molecule has 1 heterocycles. The molecule has 0 fully saturated rings. The Morgan fingerprint density at radius 1 is 1.17 bits per heavy atom. The van der Waals surface area contributed by atoms with E-state index in [-0.39, 0.29) is 34.5 Å². The van der Waals surface area contributed by atoms with Gasteiger partial charge < -0.3 is 10.4 Å². The highest BCUT2D eigenvalue weighted by atomic mass is 35.5. The van der Waals surface area contributed by atoms with Gasteiger partial charge in [-0.15, -0.1) is 0 Å². The fourth-order valence-corrected chi connectivity index (χ4v) is 4.22. The number of hydrogen-bond donors (Lipinski definition) is 2. The Labute approximate surface area is 143 Å². The maximum absolute atomic E-state index is 14.3. The van der Waals surface area contributed by atoms with Crippen LogP contribution in [0.15, 0.2) is 42.5 Å². The van der Waals surface area contributed by atoms with Gasteiger partial charge in [0, 0.05) is 16.5 Å². The normalized spacial score (nSPS) is 24.9. The molecule has 2 nitrogen and oxygen atoms in total. The van der Waals surface area contributed by atoms with Crippen LogP contribution in [0.4, 0.5) is 10.1 Å². The van der Waals surface area contributed by atoms with Crippen molar-refractivity contribution in [3.8, 4) is 5.75 Å². The van der Waals surface area contributed by atoms with Gasteiger partial charge in [0.05, 0.1) is 16.8 Å². The zero-order chi connectivity index (χ0) is 16.1. The Bertz CT molecular complexity index is 821. The predicted molar refractivity (Wildman–Crippen MR) is 90.9 cm³/mol. The summed E-state index contributed by atoms with van der Waals surface area (Å²) in [4.78, 5) is 0. The number of fused-ring (bicyclic) bond motifs is 3. The number of phenolic OH excluding ortho intramolecular Hbond substituents is 1. The molecule has 0 aromatic heterocycles. The van der Waals surface area contributed by atoms with E-state index in [0.717, 1.165) is 12.0 Å². The van der Waals surface area contributed by atoms with Gasteiger partial charge in [-0.05, 0) is 36.1 Å². The fourth-order valence-electron chi connectivity index (χ4n) is 3.71. The lowest BCUT2D eigenvalue weighted by atomic mass is 9.77. The molecular weight excluding hydrogens is 336 g/mol. The Kier molecular flexibility index (Phi) is 3.51. The number of anilines is 1. The summed E-state index contributed by atoms with van der Waals surface area (Å²) < 4.78 is 14.3. The first-order valence-electron chi connectivity index (χ1n) is 7.46. The molecule has 2 N–H and O–H groups in total. The van der Waals surface area contributed by atoms with E-state index in [2.05, 4.69) is 17.5 Å². The van der Waals surface area contributed by atoms with Crippen molar-refractivity contribution < 1.29 is 9.50 Å². The van der Waals surface area contributed by atoms with Gasteiger partial charge in [-0.1, -0.05) is 47.5 Å². The van der Waals surface area contributed by atoms with Gasteiger partial charge in [-0.2, -0.15) is 0 Å². The van der Waals surface area contributed by atoms with E-state index in [0.29, 0.717) is 16.3 Å². The average molecular weight is 350 g/mol. The van der Waals surface area contributed by atoms with Crippen LogP contribution in [0.2, 0.25) is 10.0 Å². The van der Waals surface area contributed by atoms with Gasteiger partial charge in [0.25, 0.3) is 0 Å². The van der Waals surface area contributed by atoms with E-state index in [4.69, 9.17) is 23.2 Å². The highest BCUT2D eigenvalue weighted by molar-refractivity contribution is 6.35. The van der Waals surface area contributed by atoms with Crippen LogP contribution in [0.3, 0.4) is 0 Å². The molecule has 5 heteroatoms. The summed E-state index contributed by atoms with van der Waals surface area (Å²) in [5, 5.41) is 14.3. The molecule has 3 atom stereocenters. The summed E-state index contributed by atoms with van der Waals surface area (Å²) in [6.07, 6.45) is 5.06. The summed E-state index contributed by atoms with van der Waals surface area (Å²) in [7, 11) is 0. The van der Waals surface area contributed by atoms with Crippen molar-refractivity contribution in [2.45, 2.75) is 18.4 Å². The Morgan fingerprint density at radius 2 is 2.00 bits per heavy atom. The summed E-state index contributed by atoms with van der Waals surface area (Å²) in [6, 6.07) is 8.06. The zero-order valence-corrected chi connectivity index (χ0v) is 13.6. The second-order valence-electron chi connectivity index (χ2n) is 6.01. The highest BCUT2D eigenvalue weighted by Crippen LogP contribution is 2.52. The molecule has 4 rings (SSSR count). The lowest BCUT2D eigenvalue weighted by molar-refractivity contribution is 0.399. The largest absolute Gasteiger partial charge is 0.506 e. The fraction of sp³-hybridized carbons (Fsp3) is 0.222. The Hall–Kier alpha value is -1.71. The van der Waals surface area contributed by atoms with Crippen LogP contribution < -0.4 is 5.32 Å². The quantitative estimate of drug-likeness (QED) is 0.650. The molecular formula is C18H14Cl2FNO. The second-order valence-corrected chi connectivity index (χ2v) is 6.85. The van der Waals surface area contributed by atoms with Crippen molar-refractivity contribution in [1.82, 2.24) is 0 Å². The number of halogens is 3. The number of nitrogens with one attached hydrogen (secondary N) is 1. The number of aromatic hydroxyl groups is 1. The topological polar surface area (TPSA) is 32.3 Å². The molecule has 0 saturated carbocycles. The molecule has 0 spiro atoms. The standard InChI is InChI=1S/C18H14Cl2FNO/c19-9-7-13(18(23)14(20)8-9)16-11-4-1-3-10(11)12-5-2-6-15(21)17(12)22-16/h1-3,5-8,10-11,16,22-23H,4H2. The van der Waals surface area contributed by atoms with Gasteiger partial charge in [0.1, 0.15) is 11.6 Å². The molecule has 1 aliphatic carbocycles. The minimum atomic E-state index is -0.293. The van der Waals surface area contributed by atoms with Gasteiger partial charge in [-0.25, -0.2) is 4.39 Å². The third-order valence-electron chi connectivity index (χ3n) is 4.74. The second kappa shape index (κ2) is 5.43. The third kappa shape index (κ3) is 2.30. The maximum atomic E-state index is 14.3. The highest BCUT2D eigenvalue weighted by Gasteiger charge is 2.40. The van der Waals surface area contributed by atoms with Crippen molar-refractivity contribution in [2.24, 2.45) is 5.92 Å². The maximum Gasteiger partial charge on any atom is 0.146 e. The van der Waals surface area contributed by atoms with Crippen LogP contribution >= 0.6 is 23.2 Å². The number of benzene rings is 2. The smallest absolute Gasteiger partial charge is 0.146 e. The first kappa shape index (κ1) is 14.9. The van der Waals surface area contributed by atoms with E-state index in [1.807, 2.05) is 6.07 Å². The molecule has 0 saturated heterocycles. The van der Waals surface area contributed by atoms with Crippen molar-refractivity contribution in [2.75, 3.05) is 5.32 Å². The van der Waals surface area contributed by atoms with Crippen LogP contribution in [0.25, 0.3) is 0 Å². The molecule has 2 aliphatic rings. The van der Waals surface area contributed by atoms with E-state index in [1.165, 1.54) is 12.1 Å². The molecule has 3 unspecified atom stereocenters. The van der Waals surface area contributed by atoms with Gasteiger partial charge in [0.2, 0.25) is 0 Å². The van der Waals surface area contributed by atoms with Crippen LogP contribution in [-0.4, -0.2) is 5.11 Å². The predicted octanol–water partition coefficient (Wildman–Crippen LogP) is 5.66. The molecule has 2 aromatic carbocycles. The minimum absolute atomic E-state index is 0.000920. The SMILES string of the molecule is Oc1c(Cl)cc(Cl)cc1C1Nc2c(F)cccc2C2C=CCC21. The number of rotatable bonds is 1. The lowest BCUT2D eigenvalue weighted by Crippen LogP contribution is -2.29. The summed E-state index contributed by atoms with van der Waals surface area (Å²) in [6.45, 7) is 0. The number of para-hydroxylation sites is 1. The molecule has 0 radical (unpaired) electrons. The number of phenols is 1. The van der Waals surface area contributed by atoms with Gasteiger partial charge in [0.15, 0.2) is 0 Å². The first-order valence-corrected chi connectivity index (χ1v) is 8.21. The lowest BCUT2D eigenvalue weighted by Gasteiger charge is -2.38. The van der Waals surface area contributed by atoms with E-state index in [1.54, 1.807) is 12.1 Å². The summed E-state index contributed by atoms with van der Waals surface area (Å²) >= 11 is 12.2. The summed E-state index contributed by atoms with van der Waals surface area (Å²) in [5.41, 5.74) is 2.04.